The first-order valence-electron chi connectivity index (χ1n) is 9.99. The van der Waals surface area contributed by atoms with Crippen LogP contribution in [0.15, 0.2) is 18.2 Å². The molecule has 1 aromatic carbocycles. The highest BCUT2D eigenvalue weighted by Gasteiger charge is 2.54. The predicted octanol–water partition coefficient (Wildman–Crippen LogP) is 3.61. The second kappa shape index (κ2) is 4.24. The van der Waals surface area contributed by atoms with Gasteiger partial charge in [0.15, 0.2) is 0 Å². The summed E-state index contributed by atoms with van der Waals surface area (Å²) >= 11 is 0. The number of rotatable bonds is 0. The van der Waals surface area contributed by atoms with E-state index in [1.54, 1.807) is 19.1 Å². The van der Waals surface area contributed by atoms with E-state index in [-0.39, 0.29) is 17.6 Å². The molecule has 0 amide bonds. The number of aryl methyl sites for hydroxylation is 1. The molecular formula is C18H24O2. The first kappa shape index (κ1) is 8.43. The van der Waals surface area contributed by atoms with Crippen molar-refractivity contribution in [2.75, 3.05) is 0 Å². The van der Waals surface area contributed by atoms with Crippen LogP contribution < -0.4 is 0 Å². The Labute approximate surface area is 127 Å². The van der Waals surface area contributed by atoms with E-state index >= 15 is 0 Å². The third-order valence-corrected chi connectivity index (χ3v) is 5.77. The van der Waals surface area contributed by atoms with E-state index in [1.165, 1.54) is 0 Å². The maximum atomic E-state index is 10.8. The predicted molar refractivity (Wildman–Crippen MR) is 78.7 cm³/mol. The molecule has 3 aliphatic rings. The lowest BCUT2D eigenvalue weighted by molar-refractivity contribution is -0.0226. The SMILES string of the molecule is [2H]C1([2H])[C@H]2[C@@H]3CCc4cc(O)ccc4[C@H]3CC[C@]2(C)C([2H])(O)C1([2H])[2H]. The molecule has 0 bridgehead atoms. The van der Waals surface area contributed by atoms with E-state index in [1.807, 2.05) is 6.07 Å². The van der Waals surface area contributed by atoms with E-state index in [0.29, 0.717) is 25.7 Å². The van der Waals surface area contributed by atoms with Gasteiger partial charge in [-0.3, -0.25) is 0 Å². The van der Waals surface area contributed by atoms with Gasteiger partial charge in [-0.25, -0.2) is 0 Å². The van der Waals surface area contributed by atoms with E-state index in [2.05, 4.69) is 0 Å². The molecule has 0 aromatic heterocycles. The zero-order chi connectivity index (χ0) is 18.4. The van der Waals surface area contributed by atoms with E-state index in [9.17, 15) is 10.2 Å². The quantitative estimate of drug-likeness (QED) is 0.760. The van der Waals surface area contributed by atoms with Crippen LogP contribution in [0.1, 0.15) is 62.8 Å². The molecule has 2 heteroatoms. The summed E-state index contributed by atoms with van der Waals surface area (Å²) in [6.45, 7) is 1.69. The standard InChI is InChI=1S/C18H24O2/c1-18-9-8-14-13-5-3-12(19)10-11(13)2-4-15(14)16(18)6-7-17(18)20/h3,5,10,14-17,19-20H,2,4,6-9H2,1H3/t14-,15-,16+,17?,18+/m1/s1/i6D2,7D2,17D. The van der Waals surface area contributed by atoms with Gasteiger partial charge < -0.3 is 10.2 Å². The molecule has 3 aliphatic carbocycles. The molecule has 2 saturated carbocycles. The smallest absolute Gasteiger partial charge is 0.115 e. The number of fused-ring (bicyclic) bond motifs is 5. The number of phenols is 1. The number of aromatic hydroxyl groups is 1. The maximum Gasteiger partial charge on any atom is 0.115 e. The highest BCUT2D eigenvalue weighted by molar-refractivity contribution is 5.40. The summed E-state index contributed by atoms with van der Waals surface area (Å²) < 4.78 is 41.8. The van der Waals surface area contributed by atoms with Crippen molar-refractivity contribution in [1.82, 2.24) is 0 Å². The second-order valence-corrected chi connectivity index (χ2v) is 6.74. The number of phenolic OH excluding ortho intramolecular Hbond substituents is 1. The summed E-state index contributed by atoms with van der Waals surface area (Å²) in [5.74, 6) is -0.508. The minimum absolute atomic E-state index is 0.0854. The van der Waals surface area contributed by atoms with E-state index in [4.69, 9.17) is 6.85 Å². The van der Waals surface area contributed by atoms with Crippen LogP contribution in [0.4, 0.5) is 0 Å². The first-order valence-corrected chi connectivity index (χ1v) is 7.49. The summed E-state index contributed by atoms with van der Waals surface area (Å²) in [6.07, 6.45) is -4.84. The van der Waals surface area contributed by atoms with Crippen molar-refractivity contribution >= 4 is 0 Å². The van der Waals surface area contributed by atoms with Crippen LogP contribution in [0.5, 0.6) is 5.75 Å². The Morgan fingerprint density at radius 3 is 3.05 bits per heavy atom. The Bertz CT molecular complexity index is 732. The molecule has 0 radical (unpaired) electrons. The average molecular weight is 277 g/mol. The fourth-order valence-corrected chi connectivity index (χ4v) is 4.60. The number of aliphatic hydroxyl groups is 1. The van der Waals surface area contributed by atoms with Gasteiger partial charge in [0.2, 0.25) is 0 Å². The van der Waals surface area contributed by atoms with Crippen LogP contribution in [0.2, 0.25) is 0 Å². The minimum atomic E-state index is -2.62. The van der Waals surface area contributed by atoms with Crippen molar-refractivity contribution < 1.29 is 17.1 Å². The van der Waals surface area contributed by atoms with Gasteiger partial charge in [0.05, 0.1) is 7.45 Å². The van der Waals surface area contributed by atoms with Crippen molar-refractivity contribution in [3.05, 3.63) is 29.3 Å². The third-order valence-electron chi connectivity index (χ3n) is 5.77. The molecule has 1 unspecified atom stereocenters. The lowest BCUT2D eigenvalue weighted by Crippen LogP contribution is -2.43. The van der Waals surface area contributed by atoms with Gasteiger partial charge in [0.25, 0.3) is 0 Å². The lowest BCUT2D eigenvalue weighted by atomic mass is 9.55. The molecule has 4 rings (SSSR count). The van der Waals surface area contributed by atoms with Gasteiger partial charge in [-0.05, 0) is 84.9 Å². The first-order chi connectivity index (χ1) is 11.4. The van der Waals surface area contributed by atoms with Gasteiger partial charge in [-0.15, -0.1) is 0 Å². The number of hydrogen-bond acceptors (Lipinski definition) is 2. The molecule has 0 spiro atoms. The summed E-state index contributed by atoms with van der Waals surface area (Å²) in [7, 11) is 0. The van der Waals surface area contributed by atoms with E-state index in [0.717, 1.165) is 11.1 Å². The topological polar surface area (TPSA) is 40.5 Å². The third kappa shape index (κ3) is 1.60. The highest BCUT2D eigenvalue weighted by Crippen LogP contribution is 2.60. The van der Waals surface area contributed by atoms with Crippen molar-refractivity contribution in [3.63, 3.8) is 0 Å². The molecule has 1 aromatic rings. The normalized spacial score (nSPS) is 55.1. The molecule has 0 heterocycles. The van der Waals surface area contributed by atoms with Gasteiger partial charge >= 0.3 is 0 Å². The van der Waals surface area contributed by atoms with Crippen molar-refractivity contribution in [3.8, 4) is 5.75 Å². The van der Waals surface area contributed by atoms with Gasteiger partial charge in [-0.1, -0.05) is 13.0 Å². The van der Waals surface area contributed by atoms with Crippen LogP contribution in [0, 0.1) is 17.3 Å². The summed E-state index contributed by atoms with van der Waals surface area (Å²) in [4.78, 5) is 0. The molecule has 108 valence electrons. The Kier molecular flexibility index (Phi) is 1.79. The van der Waals surface area contributed by atoms with Crippen molar-refractivity contribution in [2.24, 2.45) is 17.3 Å². The van der Waals surface area contributed by atoms with Crippen LogP contribution in [0.25, 0.3) is 0 Å². The monoisotopic (exact) mass is 277 g/mol. The van der Waals surface area contributed by atoms with Crippen LogP contribution in [0.3, 0.4) is 0 Å². The van der Waals surface area contributed by atoms with Crippen molar-refractivity contribution in [2.45, 2.75) is 57.4 Å². The molecule has 5 atom stereocenters. The fraction of sp³-hybridized carbons (Fsp3) is 0.667. The summed E-state index contributed by atoms with van der Waals surface area (Å²) in [5.41, 5.74) is 1.07. The molecule has 2 fully saturated rings. The molecule has 0 aliphatic heterocycles. The van der Waals surface area contributed by atoms with Gasteiger partial charge in [-0.2, -0.15) is 0 Å². The molecule has 2 N–H and O–H groups in total. The van der Waals surface area contributed by atoms with Gasteiger partial charge in [0, 0.05) is 5.48 Å². The average Bonchev–Trinajstić information content (AvgIpc) is 2.60. The van der Waals surface area contributed by atoms with Crippen LogP contribution in [-0.4, -0.2) is 16.3 Å². The van der Waals surface area contributed by atoms with Crippen LogP contribution in [-0.2, 0) is 6.42 Å². The summed E-state index contributed by atoms with van der Waals surface area (Å²) in [6, 6.07) is 5.32. The van der Waals surface area contributed by atoms with Crippen molar-refractivity contribution in [1.29, 1.82) is 0 Å². The van der Waals surface area contributed by atoms with E-state index < -0.39 is 30.2 Å². The Balaban J connectivity index is 1.84. The fourth-order valence-electron chi connectivity index (χ4n) is 4.60. The largest absolute Gasteiger partial charge is 0.508 e. The molecule has 2 nitrogen and oxygen atoms in total. The Hall–Kier alpha value is -1.02. The summed E-state index contributed by atoms with van der Waals surface area (Å²) in [5, 5.41) is 20.5. The maximum absolute atomic E-state index is 10.8. The lowest BCUT2D eigenvalue weighted by Gasteiger charge is -2.50. The molecule has 0 saturated heterocycles. The molecular weight excluding hydrogens is 248 g/mol. The second-order valence-electron chi connectivity index (χ2n) is 6.74. The zero-order valence-corrected chi connectivity index (χ0v) is 11.7. The van der Waals surface area contributed by atoms with Gasteiger partial charge in [0.1, 0.15) is 5.75 Å². The zero-order valence-electron chi connectivity index (χ0n) is 16.7. The number of benzene rings is 1. The highest BCUT2D eigenvalue weighted by atomic mass is 16.3. The Morgan fingerprint density at radius 1 is 1.35 bits per heavy atom. The molecule has 20 heavy (non-hydrogen) atoms. The number of hydrogen-bond donors (Lipinski definition) is 2. The minimum Gasteiger partial charge on any atom is -0.508 e. The van der Waals surface area contributed by atoms with Crippen LogP contribution >= 0.6 is 0 Å². The Morgan fingerprint density at radius 2 is 2.20 bits per heavy atom.